The molecule has 1 fully saturated rings. The molecule has 0 saturated carbocycles. The Morgan fingerprint density at radius 3 is 2.80 bits per heavy atom. The maximum atomic E-state index is 6.22. The third kappa shape index (κ3) is 1.32. The van der Waals surface area contributed by atoms with Crippen LogP contribution in [0.4, 0.5) is 0 Å². The second-order valence-electron chi connectivity index (χ2n) is 4.59. The largest absolute Gasteiger partial charge is 0.363 e. The van der Waals surface area contributed by atoms with Crippen LogP contribution in [0.3, 0.4) is 0 Å². The highest BCUT2D eigenvalue weighted by Crippen LogP contribution is 2.47. The molecule has 2 aliphatic rings. The van der Waals surface area contributed by atoms with Gasteiger partial charge in [0.05, 0.1) is 11.7 Å². The lowest BCUT2D eigenvalue weighted by molar-refractivity contribution is -0.0875. The van der Waals surface area contributed by atoms with Crippen molar-refractivity contribution in [1.82, 2.24) is 5.32 Å². The molecule has 0 radical (unpaired) electrons. The quantitative estimate of drug-likeness (QED) is 0.699. The van der Waals surface area contributed by atoms with Crippen LogP contribution in [0.2, 0.25) is 0 Å². The van der Waals surface area contributed by atoms with Gasteiger partial charge < -0.3 is 10.1 Å². The minimum atomic E-state index is 0.0151. The molecule has 0 amide bonds. The number of rotatable bonds is 0. The van der Waals surface area contributed by atoms with E-state index in [-0.39, 0.29) is 11.7 Å². The van der Waals surface area contributed by atoms with Gasteiger partial charge in [0.2, 0.25) is 0 Å². The number of hydrogen-bond donors (Lipinski definition) is 1. The van der Waals surface area contributed by atoms with Gasteiger partial charge in [0, 0.05) is 0 Å². The van der Waals surface area contributed by atoms with Crippen LogP contribution in [-0.2, 0) is 10.3 Å². The molecule has 1 N–H and O–H groups in total. The summed E-state index contributed by atoms with van der Waals surface area (Å²) in [4.78, 5) is 0. The zero-order chi connectivity index (χ0) is 10.3. The zero-order valence-corrected chi connectivity index (χ0v) is 9.12. The molecule has 1 spiro atoms. The molecule has 2 aliphatic heterocycles. The first-order valence-corrected chi connectivity index (χ1v) is 5.80. The van der Waals surface area contributed by atoms with Crippen molar-refractivity contribution in [3.8, 4) is 0 Å². The topological polar surface area (TPSA) is 21.3 Å². The van der Waals surface area contributed by atoms with Crippen molar-refractivity contribution in [3.63, 3.8) is 0 Å². The normalized spacial score (nSPS) is 27.9. The van der Waals surface area contributed by atoms with Crippen LogP contribution in [0, 0.1) is 0 Å². The highest BCUT2D eigenvalue weighted by Gasteiger charge is 2.43. The zero-order valence-electron chi connectivity index (χ0n) is 9.12. The summed E-state index contributed by atoms with van der Waals surface area (Å²) < 4.78 is 6.22. The van der Waals surface area contributed by atoms with Crippen molar-refractivity contribution < 1.29 is 4.74 Å². The molecular formula is C13H17NO. The number of benzene rings is 1. The summed E-state index contributed by atoms with van der Waals surface area (Å²) in [5.74, 6) is 0. The monoisotopic (exact) mass is 203 g/mol. The molecule has 1 atom stereocenters. The predicted octanol–water partition coefficient (Wildman–Crippen LogP) is 2.36. The fraction of sp³-hybridized carbons (Fsp3) is 0.538. The van der Waals surface area contributed by atoms with Crippen molar-refractivity contribution in [1.29, 1.82) is 0 Å². The van der Waals surface area contributed by atoms with Crippen LogP contribution in [-0.4, -0.2) is 13.1 Å². The van der Waals surface area contributed by atoms with E-state index in [4.69, 9.17) is 4.74 Å². The molecule has 0 bridgehead atoms. The Bertz CT molecular complexity index is 369. The Hall–Kier alpha value is -0.860. The van der Waals surface area contributed by atoms with Crippen LogP contribution >= 0.6 is 0 Å². The van der Waals surface area contributed by atoms with Crippen molar-refractivity contribution in [2.24, 2.45) is 0 Å². The van der Waals surface area contributed by atoms with Gasteiger partial charge in [-0.1, -0.05) is 24.3 Å². The van der Waals surface area contributed by atoms with Crippen molar-refractivity contribution in [2.45, 2.75) is 31.5 Å². The SMILES string of the molecule is C[C@@H]1OC2(CCNCC2)c2ccccc21. The summed E-state index contributed by atoms with van der Waals surface area (Å²) >= 11 is 0. The number of fused-ring (bicyclic) bond motifs is 2. The first kappa shape index (κ1) is 9.37. The van der Waals surface area contributed by atoms with E-state index in [9.17, 15) is 0 Å². The van der Waals surface area contributed by atoms with Crippen molar-refractivity contribution in [3.05, 3.63) is 35.4 Å². The van der Waals surface area contributed by atoms with Gasteiger partial charge in [-0.15, -0.1) is 0 Å². The number of piperidine rings is 1. The number of ether oxygens (including phenoxy) is 1. The van der Waals surface area contributed by atoms with Gasteiger partial charge in [-0.05, 0) is 44.0 Å². The Morgan fingerprint density at radius 2 is 2.00 bits per heavy atom. The Kier molecular flexibility index (Phi) is 2.08. The van der Waals surface area contributed by atoms with Crippen molar-refractivity contribution >= 4 is 0 Å². The maximum absolute atomic E-state index is 6.22. The van der Waals surface area contributed by atoms with Gasteiger partial charge in [-0.25, -0.2) is 0 Å². The average molecular weight is 203 g/mol. The molecule has 2 heterocycles. The van der Waals surface area contributed by atoms with Gasteiger partial charge in [0.1, 0.15) is 0 Å². The molecule has 3 rings (SSSR count). The minimum Gasteiger partial charge on any atom is -0.363 e. The predicted molar refractivity (Wildman–Crippen MR) is 59.7 cm³/mol. The second kappa shape index (κ2) is 3.32. The van der Waals surface area contributed by atoms with Gasteiger partial charge in [0.15, 0.2) is 0 Å². The molecule has 2 nitrogen and oxygen atoms in total. The highest BCUT2D eigenvalue weighted by molar-refractivity contribution is 5.38. The molecule has 1 saturated heterocycles. The van der Waals surface area contributed by atoms with E-state index >= 15 is 0 Å². The van der Waals surface area contributed by atoms with Gasteiger partial charge in [-0.3, -0.25) is 0 Å². The average Bonchev–Trinajstić information content (AvgIpc) is 2.55. The van der Waals surface area contributed by atoms with Crippen molar-refractivity contribution in [2.75, 3.05) is 13.1 Å². The van der Waals surface area contributed by atoms with E-state index in [0.29, 0.717) is 0 Å². The van der Waals surface area contributed by atoms with E-state index in [1.807, 2.05) is 0 Å². The summed E-state index contributed by atoms with van der Waals surface area (Å²) in [5.41, 5.74) is 2.83. The van der Waals surface area contributed by atoms with E-state index in [2.05, 4.69) is 36.5 Å². The Balaban J connectivity index is 2.06. The molecule has 80 valence electrons. The van der Waals surface area contributed by atoms with E-state index in [0.717, 1.165) is 25.9 Å². The fourth-order valence-corrected chi connectivity index (χ4v) is 2.95. The second-order valence-corrected chi connectivity index (χ2v) is 4.59. The first-order chi connectivity index (χ1) is 7.32. The molecule has 15 heavy (non-hydrogen) atoms. The van der Waals surface area contributed by atoms with E-state index in [1.165, 1.54) is 11.1 Å². The van der Waals surface area contributed by atoms with Gasteiger partial charge in [0.25, 0.3) is 0 Å². The van der Waals surface area contributed by atoms with Crippen LogP contribution in [0.15, 0.2) is 24.3 Å². The third-order valence-electron chi connectivity index (χ3n) is 3.70. The summed E-state index contributed by atoms with van der Waals surface area (Å²) in [5, 5.41) is 3.40. The summed E-state index contributed by atoms with van der Waals surface area (Å²) in [6.45, 7) is 4.30. The van der Waals surface area contributed by atoms with Crippen LogP contribution in [0.1, 0.15) is 37.0 Å². The standard InChI is InChI=1S/C13H17NO/c1-10-11-4-2-3-5-12(11)13(15-10)6-8-14-9-7-13/h2-5,10,14H,6-9H2,1H3/t10-/m0/s1. The maximum Gasteiger partial charge on any atom is 0.0967 e. The lowest BCUT2D eigenvalue weighted by Gasteiger charge is -2.34. The minimum absolute atomic E-state index is 0.0151. The molecule has 1 aromatic rings. The van der Waals surface area contributed by atoms with Crippen LogP contribution in [0.5, 0.6) is 0 Å². The summed E-state index contributed by atoms with van der Waals surface area (Å²) in [6, 6.07) is 8.68. The lowest BCUT2D eigenvalue weighted by atomic mass is 9.84. The molecular weight excluding hydrogens is 186 g/mol. The highest BCUT2D eigenvalue weighted by atomic mass is 16.5. The molecule has 0 aliphatic carbocycles. The first-order valence-electron chi connectivity index (χ1n) is 5.80. The van der Waals surface area contributed by atoms with E-state index < -0.39 is 0 Å². The van der Waals surface area contributed by atoms with Crippen LogP contribution in [0.25, 0.3) is 0 Å². The number of nitrogens with one attached hydrogen (secondary N) is 1. The molecule has 1 aromatic carbocycles. The molecule has 2 heteroatoms. The summed E-state index contributed by atoms with van der Waals surface area (Å²) in [7, 11) is 0. The Morgan fingerprint density at radius 1 is 1.27 bits per heavy atom. The van der Waals surface area contributed by atoms with Crippen LogP contribution < -0.4 is 5.32 Å². The Labute approximate surface area is 90.6 Å². The lowest BCUT2D eigenvalue weighted by Crippen LogP contribution is -2.39. The third-order valence-corrected chi connectivity index (χ3v) is 3.70. The van der Waals surface area contributed by atoms with Gasteiger partial charge in [-0.2, -0.15) is 0 Å². The van der Waals surface area contributed by atoms with Gasteiger partial charge >= 0.3 is 0 Å². The number of hydrogen-bond acceptors (Lipinski definition) is 2. The molecule has 0 unspecified atom stereocenters. The van der Waals surface area contributed by atoms with E-state index in [1.54, 1.807) is 0 Å². The smallest absolute Gasteiger partial charge is 0.0967 e. The molecule has 0 aromatic heterocycles. The fourth-order valence-electron chi connectivity index (χ4n) is 2.95. The summed E-state index contributed by atoms with van der Waals surface area (Å²) in [6.07, 6.45) is 2.47.